The van der Waals surface area contributed by atoms with E-state index in [1.54, 1.807) is 0 Å². The van der Waals surface area contributed by atoms with Crippen molar-refractivity contribution in [2.24, 2.45) is 0 Å². The van der Waals surface area contributed by atoms with Crippen LogP contribution in [0.4, 0.5) is 0 Å². The first-order valence-corrected chi connectivity index (χ1v) is 8.49. The van der Waals surface area contributed by atoms with Gasteiger partial charge in [0.25, 0.3) is 0 Å². The van der Waals surface area contributed by atoms with Crippen molar-refractivity contribution in [1.29, 1.82) is 0 Å². The zero-order valence-corrected chi connectivity index (χ0v) is 14.0. The number of nitrogens with zero attached hydrogens (tertiary/aromatic N) is 1. The van der Waals surface area contributed by atoms with E-state index in [0.717, 1.165) is 21.9 Å². The summed E-state index contributed by atoms with van der Waals surface area (Å²) in [5, 5.41) is 9.95. The average Bonchev–Trinajstić information content (AvgIpc) is 3.06. The fourth-order valence-corrected chi connectivity index (χ4v) is 3.31. The van der Waals surface area contributed by atoms with Gasteiger partial charge < -0.3 is 9.84 Å². The summed E-state index contributed by atoms with van der Waals surface area (Å²) in [4.78, 5) is 16.0. The predicted molar refractivity (Wildman–Crippen MR) is 94.7 cm³/mol. The Morgan fingerprint density at radius 1 is 1.12 bits per heavy atom. The van der Waals surface area contributed by atoms with Crippen LogP contribution < -0.4 is 4.74 Å². The third-order valence-corrected chi connectivity index (χ3v) is 4.71. The minimum Gasteiger partial charge on any atom is -0.489 e. The molecule has 0 unspecified atom stereocenters. The lowest BCUT2D eigenvalue weighted by atomic mass is 10.2. The van der Waals surface area contributed by atoms with E-state index in [9.17, 15) is 9.90 Å². The number of hydrogen-bond acceptors (Lipinski definition) is 4. The molecule has 0 amide bonds. The van der Waals surface area contributed by atoms with E-state index in [-0.39, 0.29) is 0 Å². The van der Waals surface area contributed by atoms with Crippen LogP contribution in [-0.4, -0.2) is 16.1 Å². The van der Waals surface area contributed by atoms with Gasteiger partial charge in [-0.3, -0.25) is 0 Å². The Morgan fingerprint density at radius 2 is 1.83 bits per heavy atom. The first kappa shape index (κ1) is 16.2. The zero-order chi connectivity index (χ0) is 16.9. The van der Waals surface area contributed by atoms with E-state index >= 15 is 0 Å². The number of aromatic carboxylic acids is 1. The maximum absolute atomic E-state index is 11.2. The molecule has 0 bridgehead atoms. The van der Waals surface area contributed by atoms with E-state index in [0.29, 0.717) is 23.6 Å². The zero-order valence-electron chi connectivity index (χ0n) is 13.2. The maximum atomic E-state index is 11.2. The van der Waals surface area contributed by atoms with Crippen molar-refractivity contribution in [2.75, 3.05) is 0 Å². The smallest absolute Gasteiger partial charge is 0.347 e. The molecule has 0 saturated carbocycles. The molecule has 122 valence electrons. The van der Waals surface area contributed by atoms with Crippen molar-refractivity contribution in [3.63, 3.8) is 0 Å². The second-order valence-electron chi connectivity index (χ2n) is 5.25. The molecule has 1 N–H and O–H groups in total. The van der Waals surface area contributed by atoms with Gasteiger partial charge in [-0.2, -0.15) is 0 Å². The van der Waals surface area contributed by atoms with Crippen LogP contribution in [0.2, 0.25) is 0 Å². The Kier molecular flexibility index (Phi) is 4.91. The molecule has 1 aromatic heterocycles. The predicted octanol–water partition coefficient (Wildman–Crippen LogP) is 4.65. The van der Waals surface area contributed by atoms with Gasteiger partial charge in [-0.25, -0.2) is 9.78 Å². The van der Waals surface area contributed by atoms with Crippen molar-refractivity contribution < 1.29 is 14.6 Å². The highest BCUT2D eigenvalue weighted by molar-refractivity contribution is 7.17. The second kappa shape index (κ2) is 7.27. The van der Waals surface area contributed by atoms with Gasteiger partial charge in [0.15, 0.2) is 0 Å². The fourth-order valence-electron chi connectivity index (χ4n) is 2.32. The van der Waals surface area contributed by atoms with Gasteiger partial charge in [0.05, 0.1) is 5.69 Å². The molecule has 0 atom stereocenters. The summed E-state index contributed by atoms with van der Waals surface area (Å²) < 4.78 is 5.76. The van der Waals surface area contributed by atoms with Gasteiger partial charge in [0, 0.05) is 5.56 Å². The molecular formula is C19H17NO3S. The first-order chi connectivity index (χ1) is 11.7. The molecule has 0 spiro atoms. The number of benzene rings is 2. The molecule has 0 radical (unpaired) electrons. The van der Waals surface area contributed by atoms with E-state index in [1.807, 2.05) is 61.5 Å². The van der Waals surface area contributed by atoms with Crippen LogP contribution in [0.1, 0.15) is 27.9 Å². The highest BCUT2D eigenvalue weighted by Crippen LogP contribution is 2.30. The van der Waals surface area contributed by atoms with Crippen molar-refractivity contribution in [1.82, 2.24) is 4.98 Å². The summed E-state index contributed by atoms with van der Waals surface area (Å²) >= 11 is 1.21. The third kappa shape index (κ3) is 3.63. The van der Waals surface area contributed by atoms with E-state index in [1.165, 1.54) is 11.3 Å². The molecule has 5 heteroatoms. The van der Waals surface area contributed by atoms with Gasteiger partial charge in [0.1, 0.15) is 22.2 Å². The number of thiazole rings is 1. The van der Waals surface area contributed by atoms with Crippen LogP contribution >= 0.6 is 11.3 Å². The summed E-state index contributed by atoms with van der Waals surface area (Å²) in [6.07, 6.45) is 0.608. The number of hydrogen-bond donors (Lipinski definition) is 1. The molecule has 4 nitrogen and oxygen atoms in total. The normalized spacial score (nSPS) is 10.5. The molecule has 1 heterocycles. The highest BCUT2D eigenvalue weighted by atomic mass is 32.1. The average molecular weight is 339 g/mol. The lowest BCUT2D eigenvalue weighted by molar-refractivity contribution is 0.0701. The summed E-state index contributed by atoms with van der Waals surface area (Å²) in [7, 11) is 0. The Labute approximate surface area is 144 Å². The number of rotatable bonds is 6. The van der Waals surface area contributed by atoms with E-state index in [4.69, 9.17) is 4.74 Å². The molecule has 0 saturated heterocycles. The number of carboxylic acids is 1. The number of carboxylic acid groups (broad SMARTS) is 1. The van der Waals surface area contributed by atoms with Crippen molar-refractivity contribution in [3.8, 4) is 16.3 Å². The number of carbonyl (C=O) groups is 1. The van der Waals surface area contributed by atoms with Crippen molar-refractivity contribution >= 4 is 17.3 Å². The summed E-state index contributed by atoms with van der Waals surface area (Å²) in [5.74, 6) is -0.147. The SMILES string of the molecule is CCc1nc(-c2ccc(OCc3ccccc3)cc2)sc1C(=O)O. The largest absolute Gasteiger partial charge is 0.489 e. The first-order valence-electron chi connectivity index (χ1n) is 7.67. The quantitative estimate of drug-likeness (QED) is 0.710. The number of aryl methyl sites for hydroxylation is 1. The van der Waals surface area contributed by atoms with Crippen LogP contribution in [0.25, 0.3) is 10.6 Å². The highest BCUT2D eigenvalue weighted by Gasteiger charge is 2.16. The third-order valence-electron chi connectivity index (χ3n) is 3.58. The summed E-state index contributed by atoms with van der Waals surface area (Å²) in [5.41, 5.74) is 2.64. The van der Waals surface area contributed by atoms with E-state index < -0.39 is 5.97 Å². The Balaban J connectivity index is 1.73. The van der Waals surface area contributed by atoms with E-state index in [2.05, 4.69) is 4.98 Å². The number of ether oxygens (including phenoxy) is 1. The van der Waals surface area contributed by atoms with Gasteiger partial charge in [-0.05, 0) is 36.2 Å². The minimum absolute atomic E-state index is 0.317. The van der Waals surface area contributed by atoms with Crippen LogP contribution in [-0.2, 0) is 13.0 Å². The van der Waals surface area contributed by atoms with Crippen molar-refractivity contribution in [3.05, 3.63) is 70.7 Å². The monoisotopic (exact) mass is 339 g/mol. The molecule has 0 fully saturated rings. The molecule has 2 aromatic carbocycles. The van der Waals surface area contributed by atoms with Gasteiger partial charge >= 0.3 is 5.97 Å². The van der Waals surface area contributed by atoms with Crippen LogP contribution in [0.15, 0.2) is 54.6 Å². The minimum atomic E-state index is -0.918. The molecule has 0 aliphatic rings. The summed E-state index contributed by atoms with van der Waals surface area (Å²) in [6, 6.07) is 17.5. The summed E-state index contributed by atoms with van der Waals surface area (Å²) in [6.45, 7) is 2.42. The van der Waals surface area contributed by atoms with Gasteiger partial charge in [-0.1, -0.05) is 37.3 Å². The topological polar surface area (TPSA) is 59.4 Å². The molecule has 3 aromatic rings. The van der Waals surface area contributed by atoms with Crippen molar-refractivity contribution in [2.45, 2.75) is 20.0 Å². The molecule has 24 heavy (non-hydrogen) atoms. The molecular weight excluding hydrogens is 322 g/mol. The van der Waals surface area contributed by atoms with Gasteiger partial charge in [-0.15, -0.1) is 11.3 Å². The second-order valence-corrected chi connectivity index (χ2v) is 6.25. The van der Waals surface area contributed by atoms with Gasteiger partial charge in [0.2, 0.25) is 0 Å². The Morgan fingerprint density at radius 3 is 2.42 bits per heavy atom. The molecule has 0 aliphatic heterocycles. The Bertz CT molecular complexity index is 826. The fraction of sp³-hybridized carbons (Fsp3) is 0.158. The standard InChI is InChI=1S/C19H17NO3S/c1-2-16-17(19(21)22)24-18(20-16)14-8-10-15(11-9-14)23-12-13-6-4-3-5-7-13/h3-11H,2,12H2,1H3,(H,21,22). The van der Waals surface area contributed by atoms with Crippen LogP contribution in [0.3, 0.4) is 0 Å². The molecule has 0 aliphatic carbocycles. The van der Waals surface area contributed by atoms with Crippen LogP contribution in [0.5, 0.6) is 5.75 Å². The lowest BCUT2D eigenvalue weighted by Crippen LogP contribution is -1.97. The Hall–Kier alpha value is -2.66. The lowest BCUT2D eigenvalue weighted by Gasteiger charge is -2.06. The number of aromatic nitrogens is 1. The molecule has 3 rings (SSSR count). The van der Waals surface area contributed by atoms with Crippen LogP contribution in [0, 0.1) is 0 Å². The maximum Gasteiger partial charge on any atom is 0.347 e.